The van der Waals surface area contributed by atoms with Crippen LogP contribution in [0.5, 0.6) is 0 Å². The fourth-order valence-corrected chi connectivity index (χ4v) is 3.36. The molecule has 1 aromatic heterocycles. The van der Waals surface area contributed by atoms with E-state index in [4.69, 9.17) is 5.73 Å². The standard InChI is InChI=1S/C14H24N4/c1-11-10-17(8-6-13(11)15)14-16-7-9-18(14)12-4-2-3-5-12/h7,9,11-13H,2-6,8,10,15H2,1H3. The van der Waals surface area contributed by atoms with Crippen molar-refractivity contribution < 1.29 is 0 Å². The van der Waals surface area contributed by atoms with Crippen molar-refractivity contribution in [3.8, 4) is 0 Å². The fourth-order valence-electron chi connectivity index (χ4n) is 3.36. The van der Waals surface area contributed by atoms with Crippen LogP contribution in [0.2, 0.25) is 0 Å². The first-order chi connectivity index (χ1) is 8.75. The van der Waals surface area contributed by atoms with Crippen molar-refractivity contribution in [2.24, 2.45) is 11.7 Å². The molecule has 0 aromatic carbocycles. The van der Waals surface area contributed by atoms with Gasteiger partial charge in [0, 0.05) is 37.6 Å². The fraction of sp³-hybridized carbons (Fsp3) is 0.786. The number of nitrogens with two attached hydrogens (primary N) is 1. The minimum Gasteiger partial charge on any atom is -0.342 e. The average molecular weight is 248 g/mol. The first-order valence-corrected chi connectivity index (χ1v) is 7.29. The second-order valence-electron chi connectivity index (χ2n) is 5.95. The zero-order valence-corrected chi connectivity index (χ0v) is 11.3. The molecule has 1 aliphatic heterocycles. The van der Waals surface area contributed by atoms with E-state index in [1.54, 1.807) is 0 Å². The van der Waals surface area contributed by atoms with Gasteiger partial charge in [-0.1, -0.05) is 19.8 Å². The number of imidazole rings is 1. The van der Waals surface area contributed by atoms with Gasteiger partial charge in [0.05, 0.1) is 0 Å². The molecular weight excluding hydrogens is 224 g/mol. The number of rotatable bonds is 2. The molecule has 4 heteroatoms. The molecule has 0 bridgehead atoms. The number of hydrogen-bond donors (Lipinski definition) is 1. The highest BCUT2D eigenvalue weighted by Crippen LogP contribution is 2.33. The maximum absolute atomic E-state index is 6.10. The van der Waals surface area contributed by atoms with E-state index in [1.165, 1.54) is 31.6 Å². The average Bonchev–Trinajstić information content (AvgIpc) is 3.00. The summed E-state index contributed by atoms with van der Waals surface area (Å²) in [5.74, 6) is 1.73. The third-order valence-corrected chi connectivity index (χ3v) is 4.62. The Morgan fingerprint density at radius 2 is 2.06 bits per heavy atom. The molecule has 2 atom stereocenters. The van der Waals surface area contributed by atoms with Crippen molar-refractivity contribution in [2.45, 2.75) is 51.1 Å². The molecule has 18 heavy (non-hydrogen) atoms. The first kappa shape index (κ1) is 12.0. The SMILES string of the molecule is CC1CN(c2nccn2C2CCCC2)CCC1N. The van der Waals surface area contributed by atoms with Gasteiger partial charge in [-0.25, -0.2) is 4.98 Å². The van der Waals surface area contributed by atoms with Gasteiger partial charge in [-0.05, 0) is 25.2 Å². The zero-order chi connectivity index (χ0) is 12.5. The largest absolute Gasteiger partial charge is 0.342 e. The Labute approximate surface area is 109 Å². The Morgan fingerprint density at radius 1 is 1.28 bits per heavy atom. The molecule has 0 amide bonds. The van der Waals surface area contributed by atoms with E-state index in [0.29, 0.717) is 18.0 Å². The molecule has 3 rings (SSSR count). The Bertz CT molecular complexity index is 394. The molecule has 0 radical (unpaired) electrons. The van der Waals surface area contributed by atoms with Crippen LogP contribution in [0.25, 0.3) is 0 Å². The van der Waals surface area contributed by atoms with Crippen molar-refractivity contribution in [1.29, 1.82) is 0 Å². The molecule has 2 N–H and O–H groups in total. The van der Waals surface area contributed by atoms with Crippen LogP contribution >= 0.6 is 0 Å². The molecular formula is C14H24N4. The lowest BCUT2D eigenvalue weighted by Crippen LogP contribution is -2.46. The van der Waals surface area contributed by atoms with Crippen molar-refractivity contribution in [1.82, 2.24) is 9.55 Å². The maximum atomic E-state index is 6.10. The summed E-state index contributed by atoms with van der Waals surface area (Å²) in [6.07, 6.45) is 10.5. The molecule has 2 unspecified atom stereocenters. The summed E-state index contributed by atoms with van der Waals surface area (Å²) in [4.78, 5) is 7.01. The van der Waals surface area contributed by atoms with E-state index in [2.05, 4.69) is 27.6 Å². The topological polar surface area (TPSA) is 47.1 Å². The van der Waals surface area contributed by atoms with Crippen molar-refractivity contribution >= 4 is 5.95 Å². The second kappa shape index (κ2) is 4.92. The second-order valence-corrected chi connectivity index (χ2v) is 5.95. The van der Waals surface area contributed by atoms with Gasteiger partial charge in [-0.15, -0.1) is 0 Å². The number of nitrogens with zero attached hydrogens (tertiary/aromatic N) is 3. The molecule has 1 aromatic rings. The van der Waals surface area contributed by atoms with Gasteiger partial charge in [0.1, 0.15) is 0 Å². The Hall–Kier alpha value is -1.03. The summed E-state index contributed by atoms with van der Waals surface area (Å²) in [5.41, 5.74) is 6.10. The summed E-state index contributed by atoms with van der Waals surface area (Å²) >= 11 is 0. The number of hydrogen-bond acceptors (Lipinski definition) is 3. The van der Waals surface area contributed by atoms with Crippen LogP contribution in [0.4, 0.5) is 5.95 Å². The van der Waals surface area contributed by atoms with E-state index in [9.17, 15) is 0 Å². The van der Waals surface area contributed by atoms with Gasteiger partial charge in [-0.2, -0.15) is 0 Å². The quantitative estimate of drug-likeness (QED) is 0.872. The third-order valence-electron chi connectivity index (χ3n) is 4.62. The Kier molecular flexibility index (Phi) is 3.29. The third kappa shape index (κ3) is 2.14. The Balaban J connectivity index is 1.78. The summed E-state index contributed by atoms with van der Waals surface area (Å²) < 4.78 is 2.40. The van der Waals surface area contributed by atoms with Crippen LogP contribution in [0.3, 0.4) is 0 Å². The first-order valence-electron chi connectivity index (χ1n) is 7.29. The maximum Gasteiger partial charge on any atom is 0.205 e. The van der Waals surface area contributed by atoms with Gasteiger partial charge in [0.15, 0.2) is 0 Å². The lowest BCUT2D eigenvalue weighted by molar-refractivity contribution is 0.373. The van der Waals surface area contributed by atoms with Crippen molar-refractivity contribution in [3.05, 3.63) is 12.4 Å². The summed E-state index contributed by atoms with van der Waals surface area (Å²) in [6, 6.07) is 1.03. The monoisotopic (exact) mass is 248 g/mol. The number of piperidine rings is 1. The predicted octanol–water partition coefficient (Wildman–Crippen LogP) is 2.17. The molecule has 1 saturated heterocycles. The normalized spacial score (nSPS) is 30.0. The van der Waals surface area contributed by atoms with E-state index >= 15 is 0 Å². The zero-order valence-electron chi connectivity index (χ0n) is 11.3. The molecule has 100 valence electrons. The molecule has 2 heterocycles. The minimum atomic E-state index is 0.358. The van der Waals surface area contributed by atoms with E-state index in [-0.39, 0.29) is 0 Å². The van der Waals surface area contributed by atoms with Gasteiger partial charge in [0.25, 0.3) is 0 Å². The molecule has 1 aliphatic carbocycles. The lowest BCUT2D eigenvalue weighted by Gasteiger charge is -2.36. The summed E-state index contributed by atoms with van der Waals surface area (Å²) in [7, 11) is 0. The van der Waals surface area contributed by atoms with E-state index in [0.717, 1.165) is 19.5 Å². The molecule has 0 spiro atoms. The summed E-state index contributed by atoms with van der Waals surface area (Å²) in [5, 5.41) is 0. The van der Waals surface area contributed by atoms with Gasteiger partial charge in [0.2, 0.25) is 5.95 Å². The summed E-state index contributed by atoms with van der Waals surface area (Å²) in [6.45, 7) is 4.35. The van der Waals surface area contributed by atoms with Crippen LogP contribution in [0.15, 0.2) is 12.4 Å². The Morgan fingerprint density at radius 3 is 2.78 bits per heavy atom. The molecule has 4 nitrogen and oxygen atoms in total. The lowest BCUT2D eigenvalue weighted by atomic mass is 9.95. The van der Waals surface area contributed by atoms with Crippen molar-refractivity contribution in [3.63, 3.8) is 0 Å². The molecule has 2 aliphatic rings. The van der Waals surface area contributed by atoms with E-state index in [1.807, 2.05) is 6.20 Å². The minimum absolute atomic E-state index is 0.358. The van der Waals surface area contributed by atoms with Gasteiger partial charge in [-0.3, -0.25) is 0 Å². The van der Waals surface area contributed by atoms with Gasteiger partial charge < -0.3 is 15.2 Å². The van der Waals surface area contributed by atoms with Gasteiger partial charge >= 0.3 is 0 Å². The van der Waals surface area contributed by atoms with E-state index < -0.39 is 0 Å². The molecule has 1 saturated carbocycles. The predicted molar refractivity (Wildman–Crippen MR) is 73.7 cm³/mol. The van der Waals surface area contributed by atoms with Crippen LogP contribution in [0, 0.1) is 5.92 Å². The van der Waals surface area contributed by atoms with Crippen LogP contribution in [-0.2, 0) is 0 Å². The van der Waals surface area contributed by atoms with Crippen LogP contribution in [0.1, 0.15) is 45.1 Å². The highest BCUT2D eigenvalue weighted by molar-refractivity contribution is 5.33. The van der Waals surface area contributed by atoms with Crippen LogP contribution in [-0.4, -0.2) is 28.7 Å². The molecule has 2 fully saturated rings. The highest BCUT2D eigenvalue weighted by atomic mass is 15.3. The van der Waals surface area contributed by atoms with Crippen molar-refractivity contribution in [2.75, 3.05) is 18.0 Å². The smallest absolute Gasteiger partial charge is 0.205 e. The number of anilines is 1. The highest BCUT2D eigenvalue weighted by Gasteiger charge is 2.27. The number of aromatic nitrogens is 2. The van der Waals surface area contributed by atoms with Crippen LogP contribution < -0.4 is 10.6 Å².